The van der Waals surface area contributed by atoms with E-state index in [1.807, 2.05) is 16.2 Å². The van der Waals surface area contributed by atoms with Crippen LogP contribution in [0.15, 0.2) is 17.5 Å². The normalized spacial score (nSPS) is 30.2. The summed E-state index contributed by atoms with van der Waals surface area (Å²) in [7, 11) is 0. The maximum Gasteiger partial charge on any atom is 0.248 e. The fraction of sp³-hybridized carbons (Fsp3) is 0.722. The number of nitrogens with zero attached hydrogens (tertiary/aromatic N) is 2. The van der Waals surface area contributed by atoms with Crippen LogP contribution in [0.4, 0.5) is 0 Å². The van der Waals surface area contributed by atoms with Crippen LogP contribution in [-0.2, 0) is 20.8 Å². The molecule has 3 aliphatic rings. The van der Waals surface area contributed by atoms with E-state index in [9.17, 15) is 4.79 Å². The average Bonchev–Trinajstić information content (AvgIpc) is 3.32. The summed E-state index contributed by atoms with van der Waals surface area (Å²) in [6, 6.07) is 4.32. The molecule has 132 valence electrons. The van der Waals surface area contributed by atoms with Crippen LogP contribution in [0.1, 0.15) is 17.7 Å². The minimum absolute atomic E-state index is 0.0720. The van der Waals surface area contributed by atoms with Gasteiger partial charge in [0.25, 0.3) is 0 Å². The van der Waals surface area contributed by atoms with E-state index in [2.05, 4.69) is 22.4 Å². The molecule has 24 heavy (non-hydrogen) atoms. The van der Waals surface area contributed by atoms with Gasteiger partial charge in [-0.1, -0.05) is 6.07 Å². The first-order valence-electron chi connectivity index (χ1n) is 8.93. The number of rotatable bonds is 6. The summed E-state index contributed by atoms with van der Waals surface area (Å²) in [6.07, 6.45) is 2.26. The lowest BCUT2D eigenvalue weighted by atomic mass is 9.82. The maximum absolute atomic E-state index is 12.1. The van der Waals surface area contributed by atoms with Crippen molar-refractivity contribution in [1.29, 1.82) is 0 Å². The van der Waals surface area contributed by atoms with Gasteiger partial charge in [0.1, 0.15) is 6.61 Å². The van der Waals surface area contributed by atoms with Crippen LogP contribution in [0.3, 0.4) is 0 Å². The first kappa shape index (κ1) is 16.5. The summed E-state index contributed by atoms with van der Waals surface area (Å²) in [5, 5.41) is 2.14. The number of likely N-dealkylation sites (tertiary alicyclic amines) is 2. The Hall–Kier alpha value is -0.950. The van der Waals surface area contributed by atoms with Crippen molar-refractivity contribution < 1.29 is 14.3 Å². The van der Waals surface area contributed by atoms with Crippen molar-refractivity contribution in [3.05, 3.63) is 22.4 Å². The Labute approximate surface area is 147 Å². The van der Waals surface area contributed by atoms with Crippen molar-refractivity contribution in [1.82, 2.24) is 9.80 Å². The Balaban J connectivity index is 1.30. The number of amides is 1. The minimum atomic E-state index is 0.0720. The number of carbonyl (C=O) groups is 1. The van der Waals surface area contributed by atoms with Gasteiger partial charge in [0.15, 0.2) is 0 Å². The predicted molar refractivity (Wildman–Crippen MR) is 93.0 cm³/mol. The second kappa shape index (κ2) is 7.12. The van der Waals surface area contributed by atoms with Gasteiger partial charge >= 0.3 is 0 Å². The zero-order valence-electron chi connectivity index (χ0n) is 14.1. The van der Waals surface area contributed by atoms with Crippen LogP contribution in [0.2, 0.25) is 0 Å². The second-order valence-electron chi connectivity index (χ2n) is 7.40. The summed E-state index contributed by atoms with van der Waals surface area (Å²) in [5.74, 6) is 0.673. The lowest BCUT2D eigenvalue weighted by molar-refractivity contribution is -0.136. The maximum atomic E-state index is 12.1. The average molecular weight is 350 g/mol. The lowest BCUT2D eigenvalue weighted by Gasteiger charge is -2.27. The van der Waals surface area contributed by atoms with Crippen molar-refractivity contribution in [2.24, 2.45) is 11.3 Å². The predicted octanol–water partition coefficient (Wildman–Crippen LogP) is 1.84. The quantitative estimate of drug-likeness (QED) is 0.785. The first-order chi connectivity index (χ1) is 11.8. The van der Waals surface area contributed by atoms with Gasteiger partial charge in [0, 0.05) is 48.9 Å². The molecule has 1 aromatic rings. The molecule has 0 aromatic carbocycles. The van der Waals surface area contributed by atoms with Gasteiger partial charge < -0.3 is 14.4 Å². The van der Waals surface area contributed by atoms with Crippen molar-refractivity contribution in [2.75, 3.05) is 52.6 Å². The Morgan fingerprint density at radius 2 is 2.29 bits per heavy atom. The van der Waals surface area contributed by atoms with E-state index in [4.69, 9.17) is 9.47 Å². The van der Waals surface area contributed by atoms with E-state index in [0.29, 0.717) is 12.5 Å². The smallest absolute Gasteiger partial charge is 0.248 e. The van der Waals surface area contributed by atoms with Crippen LogP contribution >= 0.6 is 11.3 Å². The van der Waals surface area contributed by atoms with Crippen LogP contribution in [0, 0.1) is 11.3 Å². The third-order valence-electron chi connectivity index (χ3n) is 5.63. The highest BCUT2D eigenvalue weighted by molar-refractivity contribution is 7.09. The van der Waals surface area contributed by atoms with Gasteiger partial charge in [-0.2, -0.15) is 0 Å². The van der Waals surface area contributed by atoms with Gasteiger partial charge in [-0.25, -0.2) is 0 Å². The van der Waals surface area contributed by atoms with Gasteiger partial charge in [-0.05, 0) is 24.3 Å². The molecule has 0 unspecified atom stereocenters. The molecular formula is C18H26N2O3S. The van der Waals surface area contributed by atoms with Gasteiger partial charge in [-0.15, -0.1) is 11.3 Å². The molecule has 0 radical (unpaired) electrons. The van der Waals surface area contributed by atoms with Gasteiger partial charge in [0.2, 0.25) is 5.91 Å². The monoisotopic (exact) mass is 350 g/mol. The van der Waals surface area contributed by atoms with E-state index in [-0.39, 0.29) is 17.9 Å². The standard InChI is InChI=1S/C18H26N2O3S/c21-17(20-5-1-2-6-20)11-23-14-18-12-19(8-15(18)10-22-13-18)9-16-4-3-7-24-16/h3-4,7,15H,1-2,5-6,8-14H2/t15-,18+/m1/s1. The van der Waals surface area contributed by atoms with Crippen molar-refractivity contribution in [2.45, 2.75) is 19.4 Å². The fourth-order valence-corrected chi connectivity index (χ4v) is 5.04. The second-order valence-corrected chi connectivity index (χ2v) is 8.44. The molecule has 0 N–H and O–H groups in total. The molecule has 3 saturated heterocycles. The number of ether oxygens (including phenoxy) is 2. The van der Waals surface area contributed by atoms with E-state index in [0.717, 1.165) is 58.8 Å². The van der Waals surface area contributed by atoms with Gasteiger partial charge in [-0.3, -0.25) is 9.69 Å². The molecule has 6 heteroatoms. The summed E-state index contributed by atoms with van der Waals surface area (Å²) in [5.41, 5.74) is 0.0720. The van der Waals surface area contributed by atoms with E-state index < -0.39 is 0 Å². The number of hydrogen-bond acceptors (Lipinski definition) is 5. The molecule has 0 bridgehead atoms. The molecule has 4 heterocycles. The SMILES string of the molecule is O=C(COC[C@]12COC[C@H]1CN(Cc1cccs1)C2)N1CCCC1. The Bertz CT molecular complexity index is 559. The lowest BCUT2D eigenvalue weighted by Crippen LogP contribution is -2.38. The molecule has 0 saturated carbocycles. The summed E-state index contributed by atoms with van der Waals surface area (Å²) in [4.78, 5) is 18.0. The molecule has 1 aromatic heterocycles. The van der Waals surface area contributed by atoms with Crippen molar-refractivity contribution in [3.63, 3.8) is 0 Å². The summed E-state index contributed by atoms with van der Waals surface area (Å²) < 4.78 is 11.6. The highest BCUT2D eigenvalue weighted by Gasteiger charge is 2.50. The highest BCUT2D eigenvalue weighted by atomic mass is 32.1. The van der Waals surface area contributed by atoms with Gasteiger partial charge in [0.05, 0.1) is 19.8 Å². The molecule has 5 nitrogen and oxygen atoms in total. The van der Waals surface area contributed by atoms with Crippen LogP contribution in [0.25, 0.3) is 0 Å². The number of thiophene rings is 1. The third kappa shape index (κ3) is 3.38. The van der Waals surface area contributed by atoms with E-state index >= 15 is 0 Å². The first-order valence-corrected chi connectivity index (χ1v) is 9.81. The molecule has 1 amide bonds. The Morgan fingerprint density at radius 1 is 1.42 bits per heavy atom. The van der Waals surface area contributed by atoms with E-state index in [1.54, 1.807) is 0 Å². The Kier molecular flexibility index (Phi) is 4.90. The number of fused-ring (bicyclic) bond motifs is 1. The molecule has 0 spiro atoms. The molecular weight excluding hydrogens is 324 g/mol. The fourth-order valence-electron chi connectivity index (χ4n) is 4.29. The number of carbonyl (C=O) groups excluding carboxylic acids is 1. The molecule has 0 aliphatic carbocycles. The molecule has 4 rings (SSSR count). The van der Waals surface area contributed by atoms with Crippen LogP contribution in [-0.4, -0.2) is 68.3 Å². The van der Waals surface area contributed by atoms with Crippen molar-refractivity contribution >= 4 is 17.2 Å². The highest BCUT2D eigenvalue weighted by Crippen LogP contribution is 2.42. The zero-order valence-corrected chi connectivity index (χ0v) is 14.9. The van der Waals surface area contributed by atoms with Crippen LogP contribution < -0.4 is 0 Å². The number of hydrogen-bond donors (Lipinski definition) is 0. The summed E-state index contributed by atoms with van der Waals surface area (Å²) >= 11 is 1.82. The zero-order chi connectivity index (χ0) is 16.4. The summed E-state index contributed by atoms with van der Waals surface area (Å²) in [6.45, 7) is 7.33. The largest absolute Gasteiger partial charge is 0.380 e. The molecule has 2 atom stereocenters. The minimum Gasteiger partial charge on any atom is -0.380 e. The van der Waals surface area contributed by atoms with E-state index in [1.165, 1.54) is 4.88 Å². The molecule has 3 fully saturated rings. The molecule has 3 aliphatic heterocycles. The van der Waals surface area contributed by atoms with Crippen LogP contribution in [0.5, 0.6) is 0 Å². The topological polar surface area (TPSA) is 42.0 Å². The van der Waals surface area contributed by atoms with Crippen molar-refractivity contribution in [3.8, 4) is 0 Å². The third-order valence-corrected chi connectivity index (χ3v) is 6.49. The Morgan fingerprint density at radius 3 is 3.08 bits per heavy atom.